The summed E-state index contributed by atoms with van der Waals surface area (Å²) in [5.74, 6) is -1.18. The van der Waals surface area contributed by atoms with Gasteiger partial charge in [0.25, 0.3) is 0 Å². The first kappa shape index (κ1) is 17.1. The van der Waals surface area contributed by atoms with Crippen molar-refractivity contribution in [3.05, 3.63) is 0 Å². The van der Waals surface area contributed by atoms with E-state index in [2.05, 4.69) is 18.7 Å². The number of carbonyl (C=O) groups excluding carboxylic acids is 1. The SMILES string of the molecule is CCN(CC)CCN(CC(C)=O)CC(C)C(=O)O. The third-order valence-corrected chi connectivity index (χ3v) is 3.03. The Labute approximate surface area is 110 Å². The summed E-state index contributed by atoms with van der Waals surface area (Å²) in [4.78, 5) is 26.2. The minimum Gasteiger partial charge on any atom is -0.481 e. The lowest BCUT2D eigenvalue weighted by Gasteiger charge is -2.26. The lowest BCUT2D eigenvalue weighted by Crippen LogP contribution is -2.40. The molecule has 0 aliphatic rings. The van der Waals surface area contributed by atoms with E-state index in [0.717, 1.165) is 26.2 Å². The van der Waals surface area contributed by atoms with Crippen LogP contribution < -0.4 is 0 Å². The molecule has 5 heteroatoms. The van der Waals surface area contributed by atoms with Crippen molar-refractivity contribution in [1.82, 2.24) is 9.80 Å². The van der Waals surface area contributed by atoms with Crippen molar-refractivity contribution in [2.45, 2.75) is 27.7 Å². The Hall–Kier alpha value is -0.940. The van der Waals surface area contributed by atoms with Crippen LogP contribution in [0.3, 0.4) is 0 Å². The summed E-state index contributed by atoms with van der Waals surface area (Å²) < 4.78 is 0. The Bertz CT molecular complexity index is 265. The van der Waals surface area contributed by atoms with Gasteiger partial charge in [-0.25, -0.2) is 0 Å². The van der Waals surface area contributed by atoms with E-state index in [-0.39, 0.29) is 5.78 Å². The summed E-state index contributed by atoms with van der Waals surface area (Å²) in [6, 6.07) is 0. The van der Waals surface area contributed by atoms with Gasteiger partial charge in [0.1, 0.15) is 5.78 Å². The van der Waals surface area contributed by atoms with Crippen molar-refractivity contribution in [2.24, 2.45) is 5.92 Å². The van der Waals surface area contributed by atoms with E-state index in [1.807, 2.05) is 4.90 Å². The maximum absolute atomic E-state index is 11.2. The zero-order chi connectivity index (χ0) is 14.1. The van der Waals surface area contributed by atoms with Crippen molar-refractivity contribution in [2.75, 3.05) is 39.3 Å². The molecule has 0 bridgehead atoms. The van der Waals surface area contributed by atoms with E-state index in [1.165, 1.54) is 6.92 Å². The van der Waals surface area contributed by atoms with Gasteiger partial charge in [0, 0.05) is 19.6 Å². The molecule has 106 valence electrons. The van der Waals surface area contributed by atoms with Crippen molar-refractivity contribution in [3.8, 4) is 0 Å². The molecule has 18 heavy (non-hydrogen) atoms. The molecule has 1 N–H and O–H groups in total. The third kappa shape index (κ3) is 7.40. The Balaban J connectivity index is 4.30. The first-order valence-electron chi connectivity index (χ1n) is 6.57. The first-order chi connectivity index (χ1) is 8.40. The number of hydrogen-bond donors (Lipinski definition) is 1. The molecule has 0 fully saturated rings. The number of ketones is 1. The Kier molecular flexibility index (Phi) is 8.58. The number of carboxylic acid groups (broad SMARTS) is 1. The van der Waals surface area contributed by atoms with Crippen LogP contribution in [0.4, 0.5) is 0 Å². The van der Waals surface area contributed by atoms with Crippen molar-refractivity contribution in [3.63, 3.8) is 0 Å². The monoisotopic (exact) mass is 258 g/mol. The predicted molar refractivity (Wildman–Crippen MR) is 71.7 cm³/mol. The number of nitrogens with zero attached hydrogens (tertiary/aromatic N) is 2. The molecule has 0 heterocycles. The zero-order valence-corrected chi connectivity index (χ0v) is 12.0. The standard InChI is InChI=1S/C13H26N2O3/c1-5-14(6-2)7-8-15(10-12(4)16)9-11(3)13(17)18/h11H,5-10H2,1-4H3,(H,17,18). The molecule has 1 unspecified atom stereocenters. The molecule has 0 rings (SSSR count). The van der Waals surface area contributed by atoms with E-state index in [0.29, 0.717) is 13.1 Å². The molecular weight excluding hydrogens is 232 g/mol. The van der Waals surface area contributed by atoms with E-state index in [4.69, 9.17) is 5.11 Å². The largest absolute Gasteiger partial charge is 0.481 e. The van der Waals surface area contributed by atoms with Crippen molar-refractivity contribution in [1.29, 1.82) is 0 Å². The van der Waals surface area contributed by atoms with Crippen LogP contribution in [0.25, 0.3) is 0 Å². The van der Waals surface area contributed by atoms with E-state index in [1.54, 1.807) is 6.92 Å². The summed E-state index contributed by atoms with van der Waals surface area (Å²) in [6.07, 6.45) is 0. The normalized spacial score (nSPS) is 13.0. The quantitative estimate of drug-likeness (QED) is 0.632. The number of hydrogen-bond acceptors (Lipinski definition) is 4. The fraction of sp³-hybridized carbons (Fsp3) is 0.846. The van der Waals surface area contributed by atoms with Gasteiger partial charge in [0.05, 0.1) is 12.5 Å². The highest BCUT2D eigenvalue weighted by atomic mass is 16.4. The summed E-state index contributed by atoms with van der Waals surface area (Å²) in [6.45, 7) is 11.7. The summed E-state index contributed by atoms with van der Waals surface area (Å²) >= 11 is 0. The second-order valence-electron chi connectivity index (χ2n) is 4.70. The van der Waals surface area contributed by atoms with Crippen molar-refractivity contribution >= 4 is 11.8 Å². The average molecular weight is 258 g/mol. The van der Waals surface area contributed by atoms with Crippen LogP contribution in [0.1, 0.15) is 27.7 Å². The Morgan fingerprint density at radius 1 is 1.11 bits per heavy atom. The summed E-state index contributed by atoms with van der Waals surface area (Å²) in [5.41, 5.74) is 0. The molecule has 0 spiro atoms. The summed E-state index contributed by atoms with van der Waals surface area (Å²) in [5, 5.41) is 8.91. The molecule has 0 saturated carbocycles. The molecule has 0 aromatic rings. The number of aliphatic carboxylic acids is 1. The van der Waals surface area contributed by atoms with Crippen LogP contribution in [0.15, 0.2) is 0 Å². The number of Topliss-reactive ketones (excluding diaryl/α,β-unsaturated/α-hetero) is 1. The smallest absolute Gasteiger partial charge is 0.307 e. The second-order valence-corrected chi connectivity index (χ2v) is 4.70. The van der Waals surface area contributed by atoms with Crippen LogP contribution in [-0.4, -0.2) is 65.9 Å². The first-order valence-corrected chi connectivity index (χ1v) is 6.57. The minimum absolute atomic E-state index is 0.0761. The fourth-order valence-electron chi connectivity index (χ4n) is 1.84. The average Bonchev–Trinajstić information content (AvgIpc) is 2.29. The molecule has 5 nitrogen and oxygen atoms in total. The maximum Gasteiger partial charge on any atom is 0.307 e. The highest BCUT2D eigenvalue weighted by Gasteiger charge is 2.17. The van der Waals surface area contributed by atoms with Gasteiger partial charge < -0.3 is 10.0 Å². The Morgan fingerprint density at radius 2 is 1.61 bits per heavy atom. The number of carboxylic acids is 1. The predicted octanol–water partition coefficient (Wildman–Crippen LogP) is 0.940. The summed E-state index contributed by atoms with van der Waals surface area (Å²) in [7, 11) is 0. The van der Waals surface area contributed by atoms with Crippen LogP contribution in [0.5, 0.6) is 0 Å². The molecule has 0 saturated heterocycles. The van der Waals surface area contributed by atoms with E-state index < -0.39 is 11.9 Å². The van der Waals surface area contributed by atoms with Gasteiger partial charge in [-0.15, -0.1) is 0 Å². The Morgan fingerprint density at radius 3 is 2.00 bits per heavy atom. The van der Waals surface area contributed by atoms with Gasteiger partial charge in [-0.2, -0.15) is 0 Å². The van der Waals surface area contributed by atoms with Crippen LogP contribution in [0, 0.1) is 5.92 Å². The highest BCUT2D eigenvalue weighted by Crippen LogP contribution is 2.01. The van der Waals surface area contributed by atoms with E-state index >= 15 is 0 Å². The topological polar surface area (TPSA) is 60.9 Å². The van der Waals surface area contributed by atoms with Gasteiger partial charge in [-0.1, -0.05) is 20.8 Å². The molecule has 0 radical (unpaired) electrons. The zero-order valence-electron chi connectivity index (χ0n) is 12.0. The molecule has 1 atom stereocenters. The van der Waals surface area contributed by atoms with Gasteiger partial charge in [-0.3, -0.25) is 14.5 Å². The number of rotatable bonds is 10. The molecule has 0 aliphatic heterocycles. The molecule has 0 aromatic heterocycles. The molecule has 0 aliphatic carbocycles. The highest BCUT2D eigenvalue weighted by molar-refractivity contribution is 5.77. The van der Waals surface area contributed by atoms with Gasteiger partial charge in [0.2, 0.25) is 0 Å². The van der Waals surface area contributed by atoms with Gasteiger partial charge in [-0.05, 0) is 20.0 Å². The van der Waals surface area contributed by atoms with Crippen LogP contribution >= 0.6 is 0 Å². The van der Waals surface area contributed by atoms with Crippen LogP contribution in [0.2, 0.25) is 0 Å². The third-order valence-electron chi connectivity index (χ3n) is 3.03. The van der Waals surface area contributed by atoms with Crippen molar-refractivity contribution < 1.29 is 14.7 Å². The van der Waals surface area contributed by atoms with E-state index in [9.17, 15) is 9.59 Å². The minimum atomic E-state index is -0.814. The number of carbonyl (C=O) groups is 2. The molecule has 0 amide bonds. The molecular formula is C13H26N2O3. The molecule has 0 aromatic carbocycles. The lowest BCUT2D eigenvalue weighted by atomic mass is 10.1. The number of likely N-dealkylation sites (N-methyl/N-ethyl adjacent to an activating group) is 1. The lowest BCUT2D eigenvalue weighted by molar-refractivity contribution is -0.142. The van der Waals surface area contributed by atoms with Gasteiger partial charge in [0.15, 0.2) is 0 Å². The van der Waals surface area contributed by atoms with Gasteiger partial charge >= 0.3 is 5.97 Å². The second kappa shape index (κ2) is 9.05. The van der Waals surface area contributed by atoms with Crippen LogP contribution in [-0.2, 0) is 9.59 Å². The maximum atomic E-state index is 11.2. The fourth-order valence-corrected chi connectivity index (χ4v) is 1.84.